The predicted octanol–water partition coefficient (Wildman–Crippen LogP) is 3.94. The number of rotatable bonds is 12. The van der Waals surface area contributed by atoms with E-state index in [-0.39, 0.29) is 42.7 Å². The average Bonchev–Trinajstić information content (AvgIpc) is 3.45. The Kier molecular flexibility index (Phi) is 10.1. The fourth-order valence-corrected chi connectivity index (χ4v) is 6.75. The lowest BCUT2D eigenvalue weighted by Crippen LogP contribution is -2.37. The zero-order valence-corrected chi connectivity index (χ0v) is 26.3. The van der Waals surface area contributed by atoms with E-state index in [1.54, 1.807) is 53.2 Å². The lowest BCUT2D eigenvalue weighted by atomic mass is 9.92. The van der Waals surface area contributed by atoms with Crippen LogP contribution in [0.4, 0.5) is 11.4 Å². The zero-order valence-electron chi connectivity index (χ0n) is 25.5. The molecule has 1 aliphatic rings. The molecule has 2 atom stereocenters. The largest absolute Gasteiger partial charge is 0.497 e. The molecule has 5 rings (SSSR count). The molecular weight excluding hydrogens is 612 g/mol. The molecule has 1 aliphatic heterocycles. The van der Waals surface area contributed by atoms with Gasteiger partial charge in [0.05, 0.1) is 42.1 Å². The molecule has 0 saturated heterocycles. The Hall–Kier alpha value is -4.69. The molecule has 12 nitrogen and oxygen atoms in total. The summed E-state index contributed by atoms with van der Waals surface area (Å²) in [5.41, 5.74) is 8.36. The first-order valence-electron chi connectivity index (χ1n) is 14.6. The summed E-state index contributed by atoms with van der Waals surface area (Å²) in [6.07, 6.45) is 2.78. The summed E-state index contributed by atoms with van der Waals surface area (Å²) < 4.78 is 46.6. The molecule has 1 aromatic heterocycles. The number of hydrogen-bond acceptors (Lipinski definition) is 9. The molecule has 0 fully saturated rings. The fourth-order valence-electron chi connectivity index (χ4n) is 5.34. The summed E-state index contributed by atoms with van der Waals surface area (Å²) >= 11 is 0. The Bertz CT molecular complexity index is 1850. The standard InChI is InChI=1S/C33H36N4O8S/c1-22(39)37-21-27(26-7-3-6-10-30(26)37)23-19-31(33(40)35-29-9-5-4-8-28(29)34)45-32(20-23)44-18-16-36(15-17-38)46(41,42)25-13-11-24(43-2)12-14-25/h3-14,19,21,23,32,38H,15-18,20,34H2,1-2H3,(H,35,40)/t23-,32+/m1/s1. The first kappa shape index (κ1) is 32.7. The molecule has 242 valence electrons. The number of sulfonamides is 1. The van der Waals surface area contributed by atoms with E-state index in [9.17, 15) is 23.1 Å². The molecule has 46 heavy (non-hydrogen) atoms. The average molecular weight is 649 g/mol. The van der Waals surface area contributed by atoms with Gasteiger partial charge in [-0.05, 0) is 54.1 Å². The van der Waals surface area contributed by atoms with Gasteiger partial charge in [0, 0.05) is 43.9 Å². The van der Waals surface area contributed by atoms with Crippen molar-refractivity contribution in [1.82, 2.24) is 8.87 Å². The quantitative estimate of drug-likeness (QED) is 0.193. The lowest BCUT2D eigenvalue weighted by Gasteiger charge is -2.30. The van der Waals surface area contributed by atoms with Crippen LogP contribution in [0.25, 0.3) is 10.9 Å². The molecule has 0 radical (unpaired) electrons. The number of carbonyl (C=O) groups is 2. The Morgan fingerprint density at radius 2 is 1.78 bits per heavy atom. The van der Waals surface area contributed by atoms with Crippen molar-refractivity contribution in [2.24, 2.45) is 0 Å². The minimum atomic E-state index is -3.96. The SMILES string of the molecule is COc1ccc(S(=O)(=O)N(CCO)CCO[C@@H]2C[C@H](c3cn(C(C)=O)c4ccccc34)C=C(C(=O)Nc3ccccc3N)O2)cc1. The number of carbonyl (C=O) groups excluding carboxylic acids is 2. The van der Waals surface area contributed by atoms with Gasteiger partial charge in [0.15, 0.2) is 5.76 Å². The molecule has 4 N–H and O–H groups in total. The second-order valence-electron chi connectivity index (χ2n) is 10.6. The van der Waals surface area contributed by atoms with Crippen molar-refractivity contribution in [1.29, 1.82) is 0 Å². The fraction of sp³-hybridized carbons (Fsp3) is 0.273. The molecule has 3 aromatic carbocycles. The number of nitrogens with zero attached hydrogens (tertiary/aromatic N) is 2. The minimum absolute atomic E-state index is 0.0118. The highest BCUT2D eigenvalue weighted by Gasteiger charge is 2.32. The van der Waals surface area contributed by atoms with Crippen LogP contribution in [0.1, 0.15) is 29.6 Å². The van der Waals surface area contributed by atoms with Crippen LogP contribution in [-0.2, 0) is 24.3 Å². The van der Waals surface area contributed by atoms with Crippen LogP contribution < -0.4 is 15.8 Å². The third-order valence-electron chi connectivity index (χ3n) is 7.66. The van der Waals surface area contributed by atoms with E-state index in [2.05, 4.69) is 5.32 Å². The van der Waals surface area contributed by atoms with Gasteiger partial charge < -0.3 is 30.4 Å². The maximum atomic E-state index is 13.4. The maximum absolute atomic E-state index is 13.4. The number of nitrogens with one attached hydrogen (secondary N) is 1. The second kappa shape index (κ2) is 14.2. The number of ether oxygens (including phenoxy) is 3. The van der Waals surface area contributed by atoms with Crippen LogP contribution >= 0.6 is 0 Å². The number of allylic oxidation sites excluding steroid dienone is 1. The first-order valence-corrected chi connectivity index (χ1v) is 16.1. The van der Waals surface area contributed by atoms with E-state index in [0.29, 0.717) is 17.1 Å². The van der Waals surface area contributed by atoms with Gasteiger partial charge in [0.25, 0.3) is 5.91 Å². The summed E-state index contributed by atoms with van der Waals surface area (Å²) in [5, 5.41) is 13.2. The molecule has 13 heteroatoms. The van der Waals surface area contributed by atoms with E-state index in [1.807, 2.05) is 24.3 Å². The Balaban J connectivity index is 1.39. The van der Waals surface area contributed by atoms with Crippen molar-refractivity contribution in [2.75, 3.05) is 44.5 Å². The van der Waals surface area contributed by atoms with E-state index < -0.39 is 34.7 Å². The number of benzene rings is 3. The van der Waals surface area contributed by atoms with Crippen LogP contribution in [0, 0.1) is 0 Å². The topological polar surface area (TPSA) is 162 Å². The number of anilines is 2. The zero-order chi connectivity index (χ0) is 32.8. The summed E-state index contributed by atoms with van der Waals surface area (Å²) in [4.78, 5) is 25.9. The molecule has 2 heterocycles. The van der Waals surface area contributed by atoms with E-state index in [4.69, 9.17) is 19.9 Å². The highest BCUT2D eigenvalue weighted by molar-refractivity contribution is 7.89. The number of aliphatic hydroxyl groups is 1. The van der Waals surface area contributed by atoms with Gasteiger partial charge in [0.1, 0.15) is 5.75 Å². The third kappa shape index (κ3) is 7.07. The predicted molar refractivity (Wildman–Crippen MR) is 173 cm³/mol. The first-order chi connectivity index (χ1) is 22.1. The molecule has 0 aliphatic carbocycles. The van der Waals surface area contributed by atoms with Crippen molar-refractivity contribution in [3.05, 3.63) is 96.4 Å². The molecular formula is C33H36N4O8S. The van der Waals surface area contributed by atoms with Gasteiger partial charge in [-0.2, -0.15) is 4.31 Å². The number of para-hydroxylation sites is 3. The Labute approximate surface area is 267 Å². The highest BCUT2D eigenvalue weighted by atomic mass is 32.2. The van der Waals surface area contributed by atoms with Crippen LogP contribution in [0.3, 0.4) is 0 Å². The van der Waals surface area contributed by atoms with Gasteiger partial charge in [-0.25, -0.2) is 8.42 Å². The molecule has 0 bridgehead atoms. The number of amides is 1. The summed E-state index contributed by atoms with van der Waals surface area (Å²) in [7, 11) is -2.48. The molecule has 0 saturated carbocycles. The number of hydrogen-bond donors (Lipinski definition) is 3. The van der Waals surface area contributed by atoms with Crippen molar-refractivity contribution < 1.29 is 37.3 Å². The van der Waals surface area contributed by atoms with Crippen molar-refractivity contribution in [2.45, 2.75) is 30.4 Å². The number of aromatic nitrogens is 1. The van der Waals surface area contributed by atoms with Crippen LogP contribution in [-0.4, -0.2) is 73.9 Å². The second-order valence-corrected chi connectivity index (χ2v) is 12.6. The van der Waals surface area contributed by atoms with Crippen LogP contribution in [0.15, 0.2) is 95.7 Å². The number of methoxy groups -OCH3 is 1. The minimum Gasteiger partial charge on any atom is -0.497 e. The summed E-state index contributed by atoms with van der Waals surface area (Å²) in [6, 6.07) is 20.2. The number of nitrogen functional groups attached to an aromatic ring is 1. The van der Waals surface area contributed by atoms with Gasteiger partial charge in [0.2, 0.25) is 22.2 Å². The van der Waals surface area contributed by atoms with Gasteiger partial charge in [-0.1, -0.05) is 30.3 Å². The van der Waals surface area contributed by atoms with E-state index >= 15 is 0 Å². The molecule has 0 unspecified atom stereocenters. The van der Waals surface area contributed by atoms with Crippen LogP contribution in [0.5, 0.6) is 5.75 Å². The highest BCUT2D eigenvalue weighted by Crippen LogP contribution is 2.37. The molecule has 4 aromatic rings. The Morgan fingerprint density at radius 3 is 2.48 bits per heavy atom. The van der Waals surface area contributed by atoms with Crippen molar-refractivity contribution >= 4 is 44.1 Å². The normalized spacial score (nSPS) is 16.6. The Morgan fingerprint density at radius 1 is 1.07 bits per heavy atom. The van der Waals surface area contributed by atoms with Gasteiger partial charge >= 0.3 is 0 Å². The molecule has 1 amide bonds. The monoisotopic (exact) mass is 648 g/mol. The number of aliphatic hydroxyl groups excluding tert-OH is 1. The van der Waals surface area contributed by atoms with E-state index in [1.165, 1.54) is 26.2 Å². The lowest BCUT2D eigenvalue weighted by molar-refractivity contribution is -0.143. The summed E-state index contributed by atoms with van der Waals surface area (Å²) in [6.45, 7) is 0.746. The number of nitrogens with two attached hydrogens (primary N) is 1. The summed E-state index contributed by atoms with van der Waals surface area (Å²) in [5.74, 6) is -0.604. The van der Waals surface area contributed by atoms with Gasteiger partial charge in [-0.3, -0.25) is 14.2 Å². The van der Waals surface area contributed by atoms with E-state index in [0.717, 1.165) is 20.8 Å². The smallest absolute Gasteiger partial charge is 0.290 e. The molecule has 0 spiro atoms. The van der Waals surface area contributed by atoms with Gasteiger partial charge in [-0.15, -0.1) is 0 Å². The van der Waals surface area contributed by atoms with Crippen molar-refractivity contribution in [3.63, 3.8) is 0 Å². The van der Waals surface area contributed by atoms with Crippen molar-refractivity contribution in [3.8, 4) is 5.75 Å². The number of fused-ring (bicyclic) bond motifs is 1. The third-order valence-corrected chi connectivity index (χ3v) is 9.58. The maximum Gasteiger partial charge on any atom is 0.290 e. The van der Waals surface area contributed by atoms with Crippen LogP contribution in [0.2, 0.25) is 0 Å².